The molecule has 0 radical (unpaired) electrons. The molecular weight excluding hydrogens is 339 g/mol. The molecule has 3 nitrogen and oxygen atoms in total. The third-order valence-corrected chi connectivity index (χ3v) is 3.58. The van der Waals surface area contributed by atoms with Crippen LogP contribution >= 0.6 is 22.6 Å². The second-order valence-electron chi connectivity index (χ2n) is 4.81. The quantitative estimate of drug-likeness (QED) is 0.765. The molecule has 0 saturated heterocycles. The van der Waals surface area contributed by atoms with Gasteiger partial charge in [0.25, 0.3) is 0 Å². The van der Waals surface area contributed by atoms with E-state index in [1.165, 1.54) is 0 Å². The maximum Gasteiger partial charge on any atom is 0.227 e. The summed E-state index contributed by atoms with van der Waals surface area (Å²) >= 11 is 2.24. The largest absolute Gasteiger partial charge is 0.328 e. The Labute approximate surface area is 123 Å². The van der Waals surface area contributed by atoms with Crippen LogP contribution in [0.1, 0.15) is 33.1 Å². The van der Waals surface area contributed by atoms with E-state index in [4.69, 9.17) is 5.73 Å². The zero-order valence-electron chi connectivity index (χ0n) is 10.9. The van der Waals surface area contributed by atoms with Gasteiger partial charge in [0.1, 0.15) is 0 Å². The Hall–Kier alpha value is -0.620. The molecule has 0 aromatic heterocycles. The van der Waals surface area contributed by atoms with Crippen molar-refractivity contribution in [2.75, 3.05) is 5.32 Å². The lowest BCUT2D eigenvalue weighted by atomic mass is 10.0. The summed E-state index contributed by atoms with van der Waals surface area (Å²) in [6.45, 7) is 3.96. The van der Waals surface area contributed by atoms with Crippen molar-refractivity contribution in [3.63, 3.8) is 0 Å². The van der Waals surface area contributed by atoms with E-state index in [1.54, 1.807) is 0 Å². The molecule has 18 heavy (non-hydrogen) atoms. The molecule has 1 rings (SSSR count). The first-order valence-corrected chi connectivity index (χ1v) is 7.39. The minimum Gasteiger partial charge on any atom is -0.328 e. The lowest BCUT2D eigenvalue weighted by Crippen LogP contribution is -2.21. The molecule has 0 aliphatic carbocycles. The fourth-order valence-corrected chi connectivity index (χ4v) is 2.04. The number of amides is 1. The topological polar surface area (TPSA) is 55.1 Å². The molecule has 3 N–H and O–H groups in total. The molecule has 0 bridgehead atoms. The molecule has 4 heteroatoms. The van der Waals surface area contributed by atoms with Crippen molar-refractivity contribution in [3.8, 4) is 0 Å². The van der Waals surface area contributed by atoms with E-state index in [0.29, 0.717) is 0 Å². The fourth-order valence-electron chi connectivity index (χ4n) is 1.68. The lowest BCUT2D eigenvalue weighted by Gasteiger charge is -2.13. The van der Waals surface area contributed by atoms with Gasteiger partial charge in [-0.25, -0.2) is 0 Å². The van der Waals surface area contributed by atoms with E-state index in [9.17, 15) is 4.79 Å². The van der Waals surface area contributed by atoms with Gasteiger partial charge in [0.2, 0.25) is 5.91 Å². The smallest absolute Gasteiger partial charge is 0.227 e. The maximum atomic E-state index is 11.9. The predicted molar refractivity (Wildman–Crippen MR) is 84.5 cm³/mol. The summed E-state index contributed by atoms with van der Waals surface area (Å²) in [6.07, 6.45) is 2.86. The van der Waals surface area contributed by atoms with Crippen molar-refractivity contribution in [1.82, 2.24) is 0 Å². The Kier molecular flexibility index (Phi) is 6.63. The van der Waals surface area contributed by atoms with Gasteiger partial charge in [-0.15, -0.1) is 0 Å². The van der Waals surface area contributed by atoms with E-state index < -0.39 is 0 Å². The highest BCUT2D eigenvalue weighted by Gasteiger charge is 2.12. The molecular formula is C14H21IN2O. The van der Waals surface area contributed by atoms with Crippen molar-refractivity contribution in [2.24, 2.45) is 11.7 Å². The van der Waals surface area contributed by atoms with Crippen LogP contribution in [-0.4, -0.2) is 11.9 Å². The van der Waals surface area contributed by atoms with Crippen LogP contribution in [0.4, 0.5) is 5.69 Å². The normalized spacial score (nSPS) is 14.0. The number of anilines is 1. The van der Waals surface area contributed by atoms with Crippen LogP contribution in [0, 0.1) is 9.49 Å². The molecule has 0 heterocycles. The molecule has 0 spiro atoms. The summed E-state index contributed by atoms with van der Waals surface area (Å²) in [7, 11) is 0. The van der Waals surface area contributed by atoms with Crippen LogP contribution in [0.5, 0.6) is 0 Å². The number of carbonyl (C=O) groups excluding carboxylic acids is 1. The highest BCUT2D eigenvalue weighted by molar-refractivity contribution is 14.1. The number of hydrogen-bond acceptors (Lipinski definition) is 2. The van der Waals surface area contributed by atoms with Gasteiger partial charge in [0.15, 0.2) is 0 Å². The Morgan fingerprint density at radius 3 is 2.44 bits per heavy atom. The number of hydrogen-bond donors (Lipinski definition) is 2. The van der Waals surface area contributed by atoms with Gasteiger partial charge in [-0.2, -0.15) is 0 Å². The predicted octanol–water partition coefficient (Wildman–Crippen LogP) is 3.38. The van der Waals surface area contributed by atoms with E-state index in [2.05, 4.69) is 27.9 Å². The van der Waals surface area contributed by atoms with Gasteiger partial charge in [0, 0.05) is 21.2 Å². The Balaban J connectivity index is 2.37. The Bertz CT molecular complexity index is 376. The molecule has 1 aromatic carbocycles. The minimum absolute atomic E-state index is 0.0306. The molecule has 1 aromatic rings. The first-order chi connectivity index (χ1) is 8.49. The van der Waals surface area contributed by atoms with Crippen molar-refractivity contribution in [3.05, 3.63) is 27.8 Å². The minimum atomic E-state index is 0.0306. The van der Waals surface area contributed by atoms with Crippen LogP contribution < -0.4 is 11.1 Å². The van der Waals surface area contributed by atoms with E-state index in [0.717, 1.165) is 28.5 Å². The molecule has 0 fully saturated rings. The number of nitrogens with one attached hydrogen (secondary N) is 1. The zero-order chi connectivity index (χ0) is 13.5. The molecule has 100 valence electrons. The van der Waals surface area contributed by atoms with Crippen LogP contribution in [0.25, 0.3) is 0 Å². The lowest BCUT2D eigenvalue weighted by molar-refractivity contribution is -0.119. The van der Waals surface area contributed by atoms with Gasteiger partial charge in [-0.1, -0.05) is 13.3 Å². The summed E-state index contributed by atoms with van der Waals surface area (Å²) in [5, 5.41) is 2.93. The second-order valence-corrected chi connectivity index (χ2v) is 6.05. The van der Waals surface area contributed by atoms with Gasteiger partial charge >= 0.3 is 0 Å². The number of nitrogens with two attached hydrogens (primary N) is 1. The van der Waals surface area contributed by atoms with Crippen LogP contribution in [0.15, 0.2) is 24.3 Å². The SMILES string of the molecule is CC(N)CCCC(C)C(=O)Nc1ccc(I)cc1. The van der Waals surface area contributed by atoms with Crippen LogP contribution in [-0.2, 0) is 4.79 Å². The Morgan fingerprint density at radius 2 is 1.89 bits per heavy atom. The first-order valence-electron chi connectivity index (χ1n) is 6.31. The second kappa shape index (κ2) is 7.74. The monoisotopic (exact) mass is 360 g/mol. The summed E-state index contributed by atoms with van der Waals surface area (Å²) in [5.74, 6) is 0.115. The van der Waals surface area contributed by atoms with Crippen LogP contribution in [0.3, 0.4) is 0 Å². The van der Waals surface area contributed by atoms with Crippen molar-refractivity contribution < 1.29 is 4.79 Å². The van der Waals surface area contributed by atoms with Crippen LogP contribution in [0.2, 0.25) is 0 Å². The average Bonchev–Trinajstić information content (AvgIpc) is 2.31. The summed E-state index contributed by atoms with van der Waals surface area (Å²) in [5.41, 5.74) is 6.55. The number of rotatable bonds is 6. The van der Waals surface area contributed by atoms with E-state index >= 15 is 0 Å². The van der Waals surface area contributed by atoms with Crippen molar-refractivity contribution >= 4 is 34.2 Å². The average molecular weight is 360 g/mol. The van der Waals surface area contributed by atoms with Gasteiger partial charge in [-0.05, 0) is 66.6 Å². The summed E-state index contributed by atoms with van der Waals surface area (Å²) in [4.78, 5) is 11.9. The van der Waals surface area contributed by atoms with Gasteiger partial charge < -0.3 is 11.1 Å². The maximum absolute atomic E-state index is 11.9. The van der Waals surface area contributed by atoms with Gasteiger partial charge in [0.05, 0.1) is 0 Å². The number of carbonyl (C=O) groups is 1. The molecule has 1 amide bonds. The van der Waals surface area contributed by atoms with Gasteiger partial charge in [-0.3, -0.25) is 4.79 Å². The number of benzene rings is 1. The standard InChI is InChI=1S/C14H21IN2O/c1-10(4-3-5-11(2)16)14(18)17-13-8-6-12(15)7-9-13/h6-11H,3-5,16H2,1-2H3,(H,17,18). The van der Waals surface area contributed by atoms with E-state index in [-0.39, 0.29) is 17.9 Å². The highest BCUT2D eigenvalue weighted by Crippen LogP contribution is 2.15. The Morgan fingerprint density at radius 1 is 1.28 bits per heavy atom. The zero-order valence-corrected chi connectivity index (χ0v) is 13.1. The molecule has 2 unspecified atom stereocenters. The van der Waals surface area contributed by atoms with Crippen molar-refractivity contribution in [1.29, 1.82) is 0 Å². The number of halogens is 1. The van der Waals surface area contributed by atoms with E-state index in [1.807, 2.05) is 38.1 Å². The molecule has 2 atom stereocenters. The molecule has 0 aliphatic heterocycles. The third kappa shape index (κ3) is 5.82. The summed E-state index contributed by atoms with van der Waals surface area (Å²) in [6, 6.07) is 8.04. The third-order valence-electron chi connectivity index (χ3n) is 2.86. The fraction of sp³-hybridized carbons (Fsp3) is 0.500. The highest BCUT2D eigenvalue weighted by atomic mass is 127. The van der Waals surface area contributed by atoms with Crippen molar-refractivity contribution in [2.45, 2.75) is 39.2 Å². The molecule has 0 aliphatic rings. The molecule has 0 saturated carbocycles. The summed E-state index contributed by atoms with van der Waals surface area (Å²) < 4.78 is 1.16. The first kappa shape index (κ1) is 15.4.